The SMILES string of the molecule is CNC(=O)CC/C(C)=N/NC(=O)CCC(=O)Nc1ccc2[nH]c(C(=O)Nc3ccc4[nH]c(C(=O)N5CC(CCl)c6c5cc(O)c5ccccc65)cc4c3)cc2c1. The zero-order valence-corrected chi connectivity index (χ0v) is 31.3. The number of nitrogens with zero attached hydrogens (tertiary/aromatic N) is 2. The first kappa shape index (κ1) is 37.6. The highest BCUT2D eigenvalue weighted by Crippen LogP contribution is 2.45. The number of phenolic OH excluding ortho intramolecular Hbond substituents is 1. The Morgan fingerprint density at radius 1 is 0.786 bits per heavy atom. The number of halogens is 1. The number of anilines is 3. The number of hydrogen-bond acceptors (Lipinski definition) is 7. The molecular weight excluding hydrogens is 736 g/mol. The summed E-state index contributed by atoms with van der Waals surface area (Å²) in [6.07, 6.45) is 0.515. The topological polar surface area (TPSA) is 201 Å². The van der Waals surface area contributed by atoms with Crippen molar-refractivity contribution in [2.75, 3.05) is 35.0 Å². The number of aromatic nitrogens is 2. The smallest absolute Gasteiger partial charge is 0.274 e. The van der Waals surface area contributed by atoms with Crippen LogP contribution in [0.3, 0.4) is 0 Å². The van der Waals surface area contributed by atoms with Crippen molar-refractivity contribution in [3.8, 4) is 5.75 Å². The summed E-state index contributed by atoms with van der Waals surface area (Å²) in [6, 6.07) is 23.0. The molecule has 0 saturated heterocycles. The number of aromatic hydroxyl groups is 1. The van der Waals surface area contributed by atoms with Gasteiger partial charge in [0, 0.05) is 95.0 Å². The van der Waals surface area contributed by atoms with Crippen molar-refractivity contribution in [2.45, 2.75) is 38.5 Å². The number of fused-ring (bicyclic) bond motifs is 5. The number of alkyl halides is 1. The van der Waals surface area contributed by atoms with E-state index in [0.29, 0.717) is 74.8 Å². The number of H-pyrrole nitrogens is 2. The van der Waals surface area contributed by atoms with Gasteiger partial charge in [0.05, 0.1) is 5.69 Å². The number of rotatable bonds is 12. The Labute approximate surface area is 325 Å². The van der Waals surface area contributed by atoms with E-state index in [1.54, 1.807) is 73.5 Å². The molecular formula is C41H39ClN8O6. The minimum atomic E-state index is -0.425. The zero-order valence-electron chi connectivity index (χ0n) is 30.6. The van der Waals surface area contributed by atoms with E-state index in [-0.39, 0.29) is 54.6 Å². The standard InChI is InChI=1S/C41H39ClN8O6/c1-22(7-12-36(52)43-2)48-49-38(54)14-13-37(53)44-26-8-10-30-23(15-26)17-32(46-30)40(55)45-27-9-11-31-24(16-27)18-33(47-31)41(56)50-21-25(20-42)39-29-6-4-3-5-28(29)35(51)19-34(39)50/h3-6,8-11,15-19,25,46-47,51H,7,12-14,20-21H2,1-2H3,(H,43,52)(H,44,53)(H,45,55)(H,49,54)/b48-22+. The van der Waals surface area contributed by atoms with E-state index in [2.05, 4.69) is 36.4 Å². The zero-order chi connectivity index (χ0) is 39.5. The van der Waals surface area contributed by atoms with Gasteiger partial charge in [-0.25, -0.2) is 5.43 Å². The van der Waals surface area contributed by atoms with Crippen molar-refractivity contribution in [3.63, 3.8) is 0 Å². The summed E-state index contributed by atoms with van der Waals surface area (Å²) in [6.45, 7) is 2.08. The van der Waals surface area contributed by atoms with E-state index in [9.17, 15) is 29.1 Å². The van der Waals surface area contributed by atoms with Gasteiger partial charge in [-0.3, -0.25) is 24.0 Å². The van der Waals surface area contributed by atoms with Gasteiger partial charge in [-0.15, -0.1) is 11.6 Å². The molecule has 0 saturated carbocycles. The highest BCUT2D eigenvalue weighted by atomic mass is 35.5. The summed E-state index contributed by atoms with van der Waals surface area (Å²) in [4.78, 5) is 71.2. The first-order chi connectivity index (χ1) is 27.0. The quantitative estimate of drug-likeness (QED) is 0.0421. The van der Waals surface area contributed by atoms with Crippen molar-refractivity contribution >= 4 is 96.5 Å². The molecule has 4 aromatic carbocycles. The third kappa shape index (κ3) is 7.91. The van der Waals surface area contributed by atoms with Crippen LogP contribution in [-0.2, 0) is 14.4 Å². The lowest BCUT2D eigenvalue weighted by molar-refractivity contribution is -0.124. The van der Waals surface area contributed by atoms with Crippen LogP contribution in [0.5, 0.6) is 5.75 Å². The molecule has 0 spiro atoms. The first-order valence-electron chi connectivity index (χ1n) is 18.0. The van der Waals surface area contributed by atoms with Crippen LogP contribution in [0.1, 0.15) is 65.1 Å². The van der Waals surface area contributed by atoms with E-state index in [1.165, 1.54) is 0 Å². The molecule has 1 unspecified atom stereocenters. The second kappa shape index (κ2) is 16.0. The number of hydrogen-bond donors (Lipinski definition) is 7. The van der Waals surface area contributed by atoms with Crippen molar-refractivity contribution in [2.24, 2.45) is 5.10 Å². The highest BCUT2D eigenvalue weighted by Gasteiger charge is 2.35. The third-order valence-electron chi connectivity index (χ3n) is 9.78. The summed E-state index contributed by atoms with van der Waals surface area (Å²) in [5.74, 6) is -1.25. The van der Waals surface area contributed by atoms with E-state index >= 15 is 0 Å². The second-order valence-corrected chi connectivity index (χ2v) is 14.0. The number of nitrogens with one attached hydrogen (secondary N) is 6. The first-order valence-corrected chi connectivity index (χ1v) is 18.6. The Morgan fingerprint density at radius 3 is 2.11 bits per heavy atom. The molecule has 56 heavy (non-hydrogen) atoms. The maximum Gasteiger partial charge on any atom is 0.274 e. The van der Waals surface area contributed by atoms with Crippen LogP contribution in [0.2, 0.25) is 0 Å². The van der Waals surface area contributed by atoms with Crippen molar-refractivity contribution in [1.82, 2.24) is 20.7 Å². The van der Waals surface area contributed by atoms with E-state index in [1.807, 2.05) is 24.3 Å². The van der Waals surface area contributed by atoms with Crippen molar-refractivity contribution in [1.29, 1.82) is 0 Å². The fraction of sp³-hybridized carbons (Fsp3) is 0.220. The van der Waals surface area contributed by atoms with Crippen LogP contribution >= 0.6 is 11.6 Å². The van der Waals surface area contributed by atoms with Gasteiger partial charge in [0.25, 0.3) is 11.8 Å². The van der Waals surface area contributed by atoms with Gasteiger partial charge < -0.3 is 35.9 Å². The van der Waals surface area contributed by atoms with Gasteiger partial charge in [-0.1, -0.05) is 24.3 Å². The van der Waals surface area contributed by atoms with Gasteiger partial charge in [-0.05, 0) is 72.8 Å². The lowest BCUT2D eigenvalue weighted by Gasteiger charge is -2.17. The Balaban J connectivity index is 0.973. The monoisotopic (exact) mass is 774 g/mol. The van der Waals surface area contributed by atoms with Crippen LogP contribution < -0.4 is 26.3 Å². The number of carbonyl (C=O) groups excluding carboxylic acids is 5. The molecule has 7 N–H and O–H groups in total. The number of hydrazone groups is 1. The minimum Gasteiger partial charge on any atom is -0.507 e. The predicted molar refractivity (Wildman–Crippen MR) is 218 cm³/mol. The van der Waals surface area contributed by atoms with Gasteiger partial charge in [0.2, 0.25) is 17.7 Å². The average molecular weight is 775 g/mol. The Kier molecular flexibility index (Phi) is 10.7. The van der Waals surface area contributed by atoms with Crippen LogP contribution in [0.4, 0.5) is 17.1 Å². The third-order valence-corrected chi connectivity index (χ3v) is 10.1. The Bertz CT molecular complexity index is 2580. The van der Waals surface area contributed by atoms with E-state index < -0.39 is 5.91 Å². The molecule has 6 aromatic rings. The average Bonchev–Trinajstić information content (AvgIpc) is 3.93. The van der Waals surface area contributed by atoms with Crippen LogP contribution in [0.25, 0.3) is 32.6 Å². The summed E-state index contributed by atoms with van der Waals surface area (Å²) < 4.78 is 0. The molecule has 14 nitrogen and oxygen atoms in total. The van der Waals surface area contributed by atoms with Crippen LogP contribution in [0.15, 0.2) is 84.0 Å². The van der Waals surface area contributed by atoms with Crippen LogP contribution in [-0.4, -0.2) is 69.8 Å². The lowest BCUT2D eigenvalue weighted by Crippen LogP contribution is -2.30. The number of aromatic amines is 2. The fourth-order valence-electron chi connectivity index (χ4n) is 6.89. The van der Waals surface area contributed by atoms with Gasteiger partial charge in [0.1, 0.15) is 17.1 Å². The summed E-state index contributed by atoms with van der Waals surface area (Å²) in [5, 5.41) is 25.9. The molecule has 0 bridgehead atoms. The lowest BCUT2D eigenvalue weighted by atomic mass is 9.95. The maximum atomic E-state index is 13.9. The molecule has 1 atom stereocenters. The summed E-state index contributed by atoms with van der Waals surface area (Å²) in [5.41, 5.74) is 7.63. The molecule has 1 aliphatic rings. The Hall–Kier alpha value is -6.67. The number of amides is 5. The van der Waals surface area contributed by atoms with E-state index in [0.717, 1.165) is 16.3 Å². The van der Waals surface area contributed by atoms with E-state index in [4.69, 9.17) is 11.6 Å². The molecule has 1 aliphatic heterocycles. The number of phenols is 1. The summed E-state index contributed by atoms with van der Waals surface area (Å²) in [7, 11) is 1.55. The molecule has 0 fully saturated rings. The van der Waals surface area contributed by atoms with Crippen molar-refractivity contribution in [3.05, 3.63) is 95.8 Å². The van der Waals surface area contributed by atoms with Crippen LogP contribution in [0, 0.1) is 0 Å². The molecule has 7 rings (SSSR count). The highest BCUT2D eigenvalue weighted by molar-refractivity contribution is 6.19. The Morgan fingerprint density at radius 2 is 1.41 bits per heavy atom. The normalized spacial score (nSPS) is 13.9. The maximum absolute atomic E-state index is 13.9. The predicted octanol–water partition coefficient (Wildman–Crippen LogP) is 6.48. The van der Waals surface area contributed by atoms with Gasteiger partial charge >= 0.3 is 0 Å². The largest absolute Gasteiger partial charge is 0.507 e. The fourth-order valence-corrected chi connectivity index (χ4v) is 7.14. The molecule has 3 heterocycles. The number of carbonyl (C=O) groups is 5. The molecule has 15 heteroatoms. The molecule has 5 amide bonds. The molecule has 286 valence electrons. The molecule has 2 aromatic heterocycles. The minimum absolute atomic E-state index is 0.0682. The van der Waals surface area contributed by atoms with Gasteiger partial charge in [0.15, 0.2) is 0 Å². The van der Waals surface area contributed by atoms with Crippen molar-refractivity contribution < 1.29 is 29.1 Å². The van der Waals surface area contributed by atoms with Gasteiger partial charge in [-0.2, -0.15) is 5.10 Å². The number of benzene rings is 4. The molecule has 0 radical (unpaired) electrons. The second-order valence-electron chi connectivity index (χ2n) is 13.7. The molecule has 0 aliphatic carbocycles. The summed E-state index contributed by atoms with van der Waals surface area (Å²) >= 11 is 6.37.